The molecule has 0 atom stereocenters. The maximum absolute atomic E-state index is 11.3. The third-order valence-corrected chi connectivity index (χ3v) is 6.51. The van der Waals surface area contributed by atoms with Gasteiger partial charge in [-0.05, 0) is 38.0 Å². The minimum absolute atomic E-state index is 0.388. The third kappa shape index (κ3) is 2.84. The fourth-order valence-corrected chi connectivity index (χ4v) is 4.47. The van der Waals surface area contributed by atoms with Crippen molar-refractivity contribution in [3.63, 3.8) is 0 Å². The molecular weight excluding hydrogens is 290 g/mol. The summed E-state index contributed by atoms with van der Waals surface area (Å²) in [7, 11) is 0. The first-order valence-electron chi connectivity index (χ1n) is 8.21. The highest BCUT2D eigenvalue weighted by Crippen LogP contribution is 2.50. The maximum atomic E-state index is 11.3. The Kier molecular flexibility index (Phi) is 4.13. The molecule has 2 nitrogen and oxygen atoms in total. The summed E-state index contributed by atoms with van der Waals surface area (Å²) in [4.78, 5) is 5.78. The van der Waals surface area contributed by atoms with E-state index in [1.54, 1.807) is 11.3 Å². The van der Waals surface area contributed by atoms with Crippen LogP contribution in [0.4, 0.5) is 0 Å². The van der Waals surface area contributed by atoms with E-state index in [0.29, 0.717) is 5.41 Å². The molecule has 1 saturated carbocycles. The van der Waals surface area contributed by atoms with E-state index in [1.807, 2.05) is 25.1 Å². The zero-order chi connectivity index (χ0) is 15.8. The van der Waals surface area contributed by atoms with Crippen LogP contribution < -0.4 is 0 Å². The quantitative estimate of drug-likeness (QED) is 0.834. The molecule has 1 fully saturated rings. The molecule has 118 valence electrons. The Morgan fingerprint density at radius 2 is 1.77 bits per heavy atom. The van der Waals surface area contributed by atoms with Crippen LogP contribution in [0.25, 0.3) is 11.3 Å². The summed E-state index contributed by atoms with van der Waals surface area (Å²) in [6, 6.07) is 10.3. The number of thiazole rings is 1. The van der Waals surface area contributed by atoms with E-state index in [2.05, 4.69) is 26.0 Å². The van der Waals surface area contributed by atoms with Gasteiger partial charge in [-0.2, -0.15) is 0 Å². The molecule has 0 aliphatic heterocycles. The van der Waals surface area contributed by atoms with E-state index >= 15 is 0 Å². The molecule has 3 heteroatoms. The number of hydrogen-bond acceptors (Lipinski definition) is 3. The fourth-order valence-electron chi connectivity index (χ4n) is 3.38. The Morgan fingerprint density at radius 1 is 1.14 bits per heavy atom. The van der Waals surface area contributed by atoms with Gasteiger partial charge in [0.05, 0.1) is 15.6 Å². The van der Waals surface area contributed by atoms with Crippen molar-refractivity contribution in [1.82, 2.24) is 4.98 Å². The predicted octanol–water partition coefficient (Wildman–Crippen LogP) is 5.30. The van der Waals surface area contributed by atoms with Gasteiger partial charge in [0.1, 0.15) is 5.60 Å². The summed E-state index contributed by atoms with van der Waals surface area (Å²) in [6.07, 6.45) is 5.06. The van der Waals surface area contributed by atoms with Crippen molar-refractivity contribution in [3.05, 3.63) is 40.2 Å². The van der Waals surface area contributed by atoms with Crippen molar-refractivity contribution < 1.29 is 5.11 Å². The molecule has 0 unspecified atom stereocenters. The Labute approximate surface area is 137 Å². The van der Waals surface area contributed by atoms with Gasteiger partial charge in [0, 0.05) is 5.56 Å². The second kappa shape index (κ2) is 5.78. The molecule has 2 aromatic rings. The van der Waals surface area contributed by atoms with Gasteiger partial charge < -0.3 is 5.11 Å². The molecule has 1 aromatic carbocycles. The molecule has 0 amide bonds. The molecule has 1 heterocycles. The summed E-state index contributed by atoms with van der Waals surface area (Å²) in [5.74, 6) is 0. The number of rotatable bonds is 3. The average Bonchev–Trinajstić information content (AvgIpc) is 2.94. The van der Waals surface area contributed by atoms with Crippen LogP contribution in [0.1, 0.15) is 55.8 Å². The van der Waals surface area contributed by atoms with Crippen molar-refractivity contribution in [3.8, 4) is 11.3 Å². The van der Waals surface area contributed by atoms with Gasteiger partial charge in [-0.3, -0.25) is 0 Å². The van der Waals surface area contributed by atoms with Gasteiger partial charge in [0.2, 0.25) is 0 Å². The van der Waals surface area contributed by atoms with Crippen LogP contribution in [0.5, 0.6) is 0 Å². The number of aryl methyl sites for hydroxylation is 1. The first kappa shape index (κ1) is 15.7. The molecule has 3 rings (SSSR count). The molecule has 0 spiro atoms. The summed E-state index contributed by atoms with van der Waals surface area (Å²) in [5.41, 5.74) is 1.77. The molecule has 1 aliphatic rings. The Hall–Kier alpha value is -1.19. The minimum atomic E-state index is -0.703. The van der Waals surface area contributed by atoms with E-state index in [0.717, 1.165) is 46.8 Å². The second-order valence-electron chi connectivity index (χ2n) is 6.97. The Morgan fingerprint density at radius 3 is 2.36 bits per heavy atom. The topological polar surface area (TPSA) is 33.1 Å². The van der Waals surface area contributed by atoms with Crippen LogP contribution >= 0.6 is 11.3 Å². The first-order valence-corrected chi connectivity index (χ1v) is 9.03. The Bertz CT molecular complexity index is 639. The highest BCUT2D eigenvalue weighted by atomic mass is 32.1. The monoisotopic (exact) mass is 315 g/mol. The molecule has 0 saturated heterocycles. The normalized spacial score (nSPS) is 28.7. The van der Waals surface area contributed by atoms with Crippen LogP contribution in [0.2, 0.25) is 0 Å². The van der Waals surface area contributed by atoms with Crippen molar-refractivity contribution in [2.24, 2.45) is 5.41 Å². The Balaban J connectivity index is 1.96. The zero-order valence-corrected chi connectivity index (χ0v) is 14.5. The third-order valence-electron chi connectivity index (χ3n) is 5.34. The predicted molar refractivity (Wildman–Crippen MR) is 93.0 cm³/mol. The molecule has 1 aliphatic carbocycles. The van der Waals surface area contributed by atoms with Gasteiger partial charge in [-0.15, -0.1) is 11.3 Å². The van der Waals surface area contributed by atoms with Crippen LogP contribution in [-0.2, 0) is 5.60 Å². The molecule has 0 radical (unpaired) electrons. The summed E-state index contributed by atoms with van der Waals surface area (Å²) >= 11 is 1.66. The summed E-state index contributed by atoms with van der Waals surface area (Å²) in [5, 5.41) is 12.3. The van der Waals surface area contributed by atoms with Gasteiger partial charge in [0.25, 0.3) is 0 Å². The van der Waals surface area contributed by atoms with E-state index in [9.17, 15) is 5.11 Å². The van der Waals surface area contributed by atoms with E-state index in [-0.39, 0.29) is 0 Å². The lowest BCUT2D eigenvalue weighted by molar-refractivity contribution is -0.0324. The molecule has 1 aromatic heterocycles. The molecule has 1 N–H and O–H groups in total. The number of aromatic nitrogens is 1. The second-order valence-corrected chi connectivity index (χ2v) is 8.18. The fraction of sp³-hybridized carbons (Fsp3) is 0.526. The summed E-state index contributed by atoms with van der Waals surface area (Å²) in [6.45, 7) is 6.64. The van der Waals surface area contributed by atoms with E-state index in [4.69, 9.17) is 4.98 Å². The van der Waals surface area contributed by atoms with Crippen LogP contribution in [0.15, 0.2) is 30.3 Å². The van der Waals surface area contributed by atoms with Crippen molar-refractivity contribution in [2.75, 3.05) is 0 Å². The maximum Gasteiger partial charge on any atom is 0.101 e. The van der Waals surface area contributed by atoms with Crippen molar-refractivity contribution in [1.29, 1.82) is 0 Å². The zero-order valence-electron chi connectivity index (χ0n) is 13.7. The van der Waals surface area contributed by atoms with Crippen LogP contribution in [0.3, 0.4) is 0 Å². The lowest BCUT2D eigenvalue weighted by atomic mass is 9.68. The lowest BCUT2D eigenvalue weighted by Gasteiger charge is -2.41. The van der Waals surface area contributed by atoms with Gasteiger partial charge in [0.15, 0.2) is 0 Å². The average molecular weight is 315 g/mol. The van der Waals surface area contributed by atoms with Gasteiger partial charge >= 0.3 is 0 Å². The van der Waals surface area contributed by atoms with Crippen molar-refractivity contribution >= 4 is 11.3 Å². The first-order chi connectivity index (χ1) is 10.5. The molecule has 0 bridgehead atoms. The summed E-state index contributed by atoms with van der Waals surface area (Å²) < 4.78 is 0. The van der Waals surface area contributed by atoms with Crippen LogP contribution in [0, 0.1) is 12.3 Å². The largest absolute Gasteiger partial charge is 0.384 e. The van der Waals surface area contributed by atoms with Gasteiger partial charge in [-0.1, -0.05) is 50.6 Å². The van der Waals surface area contributed by atoms with Crippen molar-refractivity contribution in [2.45, 2.75) is 58.5 Å². The standard InChI is InChI=1S/C19H25NOS/c1-4-18(3)10-12-19(21,13-11-18)17-16(20-14(2)22-17)15-8-6-5-7-9-15/h5-9,21H,4,10-13H2,1-3H3. The van der Waals surface area contributed by atoms with E-state index in [1.165, 1.54) is 6.42 Å². The number of aliphatic hydroxyl groups is 1. The van der Waals surface area contributed by atoms with Crippen LogP contribution in [-0.4, -0.2) is 10.1 Å². The number of benzene rings is 1. The number of hydrogen-bond donors (Lipinski definition) is 1. The highest BCUT2D eigenvalue weighted by Gasteiger charge is 2.42. The smallest absolute Gasteiger partial charge is 0.101 e. The SMILES string of the molecule is CCC1(C)CCC(O)(c2sc(C)nc2-c2ccccc2)CC1. The van der Waals surface area contributed by atoms with Gasteiger partial charge in [-0.25, -0.2) is 4.98 Å². The lowest BCUT2D eigenvalue weighted by Crippen LogP contribution is -2.35. The molecular formula is C19H25NOS. The molecule has 22 heavy (non-hydrogen) atoms. The van der Waals surface area contributed by atoms with E-state index < -0.39 is 5.60 Å². The number of nitrogens with zero attached hydrogens (tertiary/aromatic N) is 1. The minimum Gasteiger partial charge on any atom is -0.384 e. The highest BCUT2D eigenvalue weighted by molar-refractivity contribution is 7.12.